The number of hydrogen-bond acceptors (Lipinski definition) is 3. The Bertz CT molecular complexity index is 514. The van der Waals surface area contributed by atoms with Gasteiger partial charge in [-0.15, -0.1) is 11.3 Å². The van der Waals surface area contributed by atoms with Crippen molar-refractivity contribution < 1.29 is 9.50 Å². The minimum Gasteiger partial charge on any atom is -0.383 e. The van der Waals surface area contributed by atoms with Crippen molar-refractivity contribution in [3.63, 3.8) is 0 Å². The molecule has 1 N–H and O–H groups in total. The van der Waals surface area contributed by atoms with Gasteiger partial charge in [-0.05, 0) is 25.1 Å². The zero-order valence-corrected chi connectivity index (χ0v) is 10.8. The molecule has 1 atom stereocenters. The predicted octanol–water partition coefficient (Wildman–Crippen LogP) is 3.43. The van der Waals surface area contributed by atoms with Crippen molar-refractivity contribution in [3.05, 3.63) is 50.1 Å². The van der Waals surface area contributed by atoms with Crippen LogP contribution in [0, 0.1) is 12.7 Å². The summed E-state index contributed by atoms with van der Waals surface area (Å²) in [5.41, 5.74) is 0.262. The summed E-state index contributed by atoms with van der Waals surface area (Å²) in [5, 5.41) is 10.9. The van der Waals surface area contributed by atoms with E-state index >= 15 is 0 Å². The maximum Gasteiger partial charge on any atom is 0.129 e. The molecule has 84 valence electrons. The van der Waals surface area contributed by atoms with Crippen LogP contribution in [-0.2, 0) is 0 Å². The third-order valence-electron chi connectivity index (χ3n) is 2.16. The highest BCUT2D eigenvalue weighted by atomic mass is 79.9. The molecule has 0 aliphatic carbocycles. The Morgan fingerprint density at radius 3 is 2.88 bits per heavy atom. The summed E-state index contributed by atoms with van der Waals surface area (Å²) in [6.07, 6.45) is 0.620. The standard InChI is InChI=1S/C11H9BrFNOS/c1-6-14-5-10(16-6)11(15)8-4-7(12)2-3-9(8)13/h2-5,11,15H,1H3. The molecule has 0 aliphatic rings. The Kier molecular flexibility index (Phi) is 3.37. The van der Waals surface area contributed by atoms with Gasteiger partial charge in [0, 0.05) is 16.2 Å². The SMILES string of the molecule is Cc1ncc(C(O)c2cc(Br)ccc2F)s1. The first-order valence-electron chi connectivity index (χ1n) is 4.63. The minimum atomic E-state index is -0.955. The molecular weight excluding hydrogens is 293 g/mol. The first-order valence-corrected chi connectivity index (χ1v) is 6.24. The fraction of sp³-hybridized carbons (Fsp3) is 0.182. The number of aromatic nitrogens is 1. The second-order valence-corrected chi connectivity index (χ2v) is 5.53. The van der Waals surface area contributed by atoms with Crippen molar-refractivity contribution in [2.75, 3.05) is 0 Å². The average Bonchev–Trinajstić information content (AvgIpc) is 2.67. The molecule has 1 heterocycles. The monoisotopic (exact) mass is 301 g/mol. The van der Waals surface area contributed by atoms with E-state index in [9.17, 15) is 9.50 Å². The van der Waals surface area contributed by atoms with Gasteiger partial charge < -0.3 is 5.11 Å². The molecule has 0 amide bonds. The quantitative estimate of drug-likeness (QED) is 0.922. The molecule has 2 aromatic rings. The zero-order chi connectivity index (χ0) is 11.7. The van der Waals surface area contributed by atoms with Gasteiger partial charge in [-0.3, -0.25) is 0 Å². The lowest BCUT2D eigenvalue weighted by atomic mass is 10.1. The Hall–Kier alpha value is -0.780. The second kappa shape index (κ2) is 4.61. The number of halogens is 2. The molecule has 5 heteroatoms. The lowest BCUT2D eigenvalue weighted by molar-refractivity contribution is 0.218. The van der Waals surface area contributed by atoms with Crippen molar-refractivity contribution in [2.45, 2.75) is 13.0 Å². The van der Waals surface area contributed by atoms with Gasteiger partial charge in [0.05, 0.1) is 9.88 Å². The number of benzene rings is 1. The van der Waals surface area contributed by atoms with Gasteiger partial charge in [-0.1, -0.05) is 15.9 Å². The number of aliphatic hydroxyl groups excluding tert-OH is 1. The molecule has 0 fully saturated rings. The van der Waals surface area contributed by atoms with E-state index in [1.54, 1.807) is 18.3 Å². The van der Waals surface area contributed by atoms with Crippen LogP contribution >= 0.6 is 27.3 Å². The van der Waals surface area contributed by atoms with Crippen LogP contribution in [0.15, 0.2) is 28.9 Å². The van der Waals surface area contributed by atoms with Crippen LogP contribution in [-0.4, -0.2) is 10.1 Å². The Morgan fingerprint density at radius 1 is 1.50 bits per heavy atom. The molecular formula is C11H9BrFNOS. The van der Waals surface area contributed by atoms with Crippen LogP contribution in [0.1, 0.15) is 21.6 Å². The molecule has 0 radical (unpaired) electrons. The topological polar surface area (TPSA) is 33.1 Å². The van der Waals surface area contributed by atoms with Crippen LogP contribution < -0.4 is 0 Å². The van der Waals surface area contributed by atoms with E-state index in [0.29, 0.717) is 4.88 Å². The number of rotatable bonds is 2. The highest BCUT2D eigenvalue weighted by Gasteiger charge is 2.17. The summed E-state index contributed by atoms with van der Waals surface area (Å²) in [6, 6.07) is 4.51. The second-order valence-electron chi connectivity index (χ2n) is 3.35. The Labute approximate surface area is 105 Å². The van der Waals surface area contributed by atoms with E-state index in [4.69, 9.17) is 0 Å². The van der Waals surface area contributed by atoms with Crippen LogP contribution in [0.2, 0.25) is 0 Å². The number of thiazole rings is 1. The van der Waals surface area contributed by atoms with Crippen molar-refractivity contribution in [2.24, 2.45) is 0 Å². The van der Waals surface area contributed by atoms with E-state index in [1.807, 2.05) is 6.92 Å². The Morgan fingerprint density at radius 2 is 2.25 bits per heavy atom. The van der Waals surface area contributed by atoms with Crippen molar-refractivity contribution in [1.29, 1.82) is 0 Å². The largest absolute Gasteiger partial charge is 0.383 e. The fourth-order valence-corrected chi connectivity index (χ4v) is 2.55. The summed E-state index contributed by atoms with van der Waals surface area (Å²) in [5.74, 6) is -0.415. The summed E-state index contributed by atoms with van der Waals surface area (Å²) in [4.78, 5) is 4.69. The van der Waals surface area contributed by atoms with Gasteiger partial charge in [0.15, 0.2) is 0 Å². The minimum absolute atomic E-state index is 0.262. The number of aryl methyl sites for hydroxylation is 1. The molecule has 1 unspecified atom stereocenters. The van der Waals surface area contributed by atoms with E-state index in [2.05, 4.69) is 20.9 Å². The molecule has 0 saturated carbocycles. The Balaban J connectivity index is 2.40. The molecule has 1 aromatic heterocycles. The maximum absolute atomic E-state index is 13.5. The average molecular weight is 302 g/mol. The van der Waals surface area contributed by atoms with Gasteiger partial charge in [-0.2, -0.15) is 0 Å². The fourth-order valence-electron chi connectivity index (χ4n) is 1.38. The van der Waals surface area contributed by atoms with E-state index in [0.717, 1.165) is 9.48 Å². The van der Waals surface area contributed by atoms with Crippen LogP contribution in [0.5, 0.6) is 0 Å². The normalized spacial score (nSPS) is 12.8. The molecule has 0 bridgehead atoms. The summed E-state index contributed by atoms with van der Waals surface area (Å²) >= 11 is 4.61. The molecule has 0 aliphatic heterocycles. The van der Waals surface area contributed by atoms with Crippen molar-refractivity contribution >= 4 is 27.3 Å². The van der Waals surface area contributed by atoms with Crippen LogP contribution in [0.3, 0.4) is 0 Å². The smallest absolute Gasteiger partial charge is 0.129 e. The molecule has 16 heavy (non-hydrogen) atoms. The van der Waals surface area contributed by atoms with E-state index in [-0.39, 0.29) is 5.56 Å². The third-order valence-corrected chi connectivity index (χ3v) is 3.62. The predicted molar refractivity (Wildman–Crippen MR) is 65.0 cm³/mol. The first kappa shape index (κ1) is 11.7. The van der Waals surface area contributed by atoms with E-state index in [1.165, 1.54) is 17.4 Å². The van der Waals surface area contributed by atoms with Crippen LogP contribution in [0.25, 0.3) is 0 Å². The van der Waals surface area contributed by atoms with Crippen LogP contribution in [0.4, 0.5) is 4.39 Å². The molecule has 1 aromatic carbocycles. The summed E-state index contributed by atoms with van der Waals surface area (Å²) in [6.45, 7) is 1.85. The highest BCUT2D eigenvalue weighted by molar-refractivity contribution is 9.10. The maximum atomic E-state index is 13.5. The summed E-state index contributed by atoms with van der Waals surface area (Å²) < 4.78 is 14.3. The molecule has 0 spiro atoms. The molecule has 2 nitrogen and oxygen atoms in total. The number of hydrogen-bond donors (Lipinski definition) is 1. The molecule has 2 rings (SSSR count). The van der Waals surface area contributed by atoms with Crippen molar-refractivity contribution in [1.82, 2.24) is 4.98 Å². The lowest BCUT2D eigenvalue weighted by Crippen LogP contribution is -2.00. The molecule has 0 saturated heterocycles. The highest BCUT2D eigenvalue weighted by Crippen LogP contribution is 2.29. The van der Waals surface area contributed by atoms with E-state index < -0.39 is 11.9 Å². The number of nitrogens with zero attached hydrogens (tertiary/aromatic N) is 1. The lowest BCUT2D eigenvalue weighted by Gasteiger charge is -2.09. The first-order chi connectivity index (χ1) is 7.58. The van der Waals surface area contributed by atoms with Gasteiger partial charge in [0.2, 0.25) is 0 Å². The third kappa shape index (κ3) is 2.31. The van der Waals surface area contributed by atoms with Crippen molar-refractivity contribution in [3.8, 4) is 0 Å². The van der Waals surface area contributed by atoms with Gasteiger partial charge in [-0.25, -0.2) is 9.37 Å². The zero-order valence-electron chi connectivity index (χ0n) is 8.45. The van der Waals surface area contributed by atoms with Gasteiger partial charge in [0.1, 0.15) is 11.9 Å². The number of aliphatic hydroxyl groups is 1. The van der Waals surface area contributed by atoms with Gasteiger partial charge in [0.25, 0.3) is 0 Å². The van der Waals surface area contributed by atoms with Gasteiger partial charge >= 0.3 is 0 Å². The summed E-state index contributed by atoms with van der Waals surface area (Å²) in [7, 11) is 0.